The summed E-state index contributed by atoms with van der Waals surface area (Å²) >= 11 is 0. The standard InChI is InChI=1S/C33H29F6N3O2/c1-21(27-19-40(2)28-11-7-6-10-26(27)28)29-20-41(30(43)13-12-22-8-4-3-5-9-22)14-15-42(29)31(44)23-16-24(32(34,35)36)18-25(17-23)33(37,38)39/h3-13,16-19,21,29H,14-15,20H2,1-2H3/t21-,29+/m1/s1. The van der Waals surface area contributed by atoms with Gasteiger partial charge in [-0.1, -0.05) is 55.5 Å². The van der Waals surface area contributed by atoms with E-state index in [4.69, 9.17) is 0 Å². The van der Waals surface area contributed by atoms with Crippen LogP contribution in [0.15, 0.2) is 85.1 Å². The summed E-state index contributed by atoms with van der Waals surface area (Å²) in [7, 11) is 1.86. The molecule has 0 spiro atoms. The van der Waals surface area contributed by atoms with Crippen LogP contribution < -0.4 is 0 Å². The Balaban J connectivity index is 1.53. The second kappa shape index (κ2) is 11.9. The highest BCUT2D eigenvalue weighted by Crippen LogP contribution is 2.38. The number of halogens is 6. The maximum Gasteiger partial charge on any atom is 0.416 e. The monoisotopic (exact) mass is 613 g/mol. The summed E-state index contributed by atoms with van der Waals surface area (Å²) < 4.78 is 83.6. The van der Waals surface area contributed by atoms with Gasteiger partial charge in [0.25, 0.3) is 5.91 Å². The molecule has 1 aliphatic rings. The molecule has 0 aliphatic carbocycles. The molecule has 0 saturated carbocycles. The van der Waals surface area contributed by atoms with Gasteiger partial charge in [-0.15, -0.1) is 0 Å². The number of benzene rings is 3. The lowest BCUT2D eigenvalue weighted by Crippen LogP contribution is -2.58. The van der Waals surface area contributed by atoms with Crippen molar-refractivity contribution in [2.75, 3.05) is 19.6 Å². The topological polar surface area (TPSA) is 45.6 Å². The molecule has 44 heavy (non-hydrogen) atoms. The molecule has 5 nitrogen and oxygen atoms in total. The summed E-state index contributed by atoms with van der Waals surface area (Å²) in [5.74, 6) is -1.73. The van der Waals surface area contributed by atoms with Crippen molar-refractivity contribution in [1.82, 2.24) is 14.4 Å². The van der Waals surface area contributed by atoms with Gasteiger partial charge in [-0.3, -0.25) is 9.59 Å². The van der Waals surface area contributed by atoms with E-state index in [9.17, 15) is 35.9 Å². The minimum Gasteiger partial charge on any atom is -0.350 e. The van der Waals surface area contributed by atoms with Crippen LogP contribution in [0.25, 0.3) is 17.0 Å². The minimum absolute atomic E-state index is 0.00265. The van der Waals surface area contributed by atoms with Crippen LogP contribution in [0.3, 0.4) is 0 Å². The van der Waals surface area contributed by atoms with Gasteiger partial charge in [0.15, 0.2) is 0 Å². The van der Waals surface area contributed by atoms with Crippen LogP contribution in [0.1, 0.15) is 45.5 Å². The van der Waals surface area contributed by atoms with Crippen molar-refractivity contribution in [3.8, 4) is 0 Å². The summed E-state index contributed by atoms with van der Waals surface area (Å²) in [6.07, 6.45) is -5.23. The first-order valence-electron chi connectivity index (χ1n) is 13.9. The van der Waals surface area contributed by atoms with Crippen LogP contribution in [0.5, 0.6) is 0 Å². The fourth-order valence-corrected chi connectivity index (χ4v) is 5.71. The first kappa shape index (κ1) is 30.9. The maximum atomic E-state index is 13.8. The molecule has 2 heterocycles. The van der Waals surface area contributed by atoms with Gasteiger partial charge in [-0.25, -0.2) is 0 Å². The molecule has 0 radical (unpaired) electrons. The molecule has 0 N–H and O–H groups in total. The highest BCUT2D eigenvalue weighted by atomic mass is 19.4. The van der Waals surface area contributed by atoms with Crippen LogP contribution in [0.4, 0.5) is 26.3 Å². The number of hydrogen-bond donors (Lipinski definition) is 0. The molecule has 1 saturated heterocycles. The Morgan fingerprint density at radius 2 is 1.48 bits per heavy atom. The average Bonchev–Trinajstić information content (AvgIpc) is 3.34. The van der Waals surface area contributed by atoms with E-state index in [0.717, 1.165) is 22.0 Å². The van der Waals surface area contributed by atoms with Crippen molar-refractivity contribution < 1.29 is 35.9 Å². The van der Waals surface area contributed by atoms with Gasteiger partial charge in [0.1, 0.15) is 0 Å². The Morgan fingerprint density at radius 3 is 2.11 bits per heavy atom. The van der Waals surface area contributed by atoms with Crippen molar-refractivity contribution in [3.63, 3.8) is 0 Å². The molecule has 1 fully saturated rings. The lowest BCUT2D eigenvalue weighted by molar-refractivity contribution is -0.143. The van der Waals surface area contributed by atoms with Crippen molar-refractivity contribution in [2.45, 2.75) is 31.2 Å². The summed E-state index contributed by atoms with van der Waals surface area (Å²) in [5.41, 5.74) is -1.29. The molecule has 1 aromatic heterocycles. The Bertz CT molecular complexity index is 1680. The van der Waals surface area contributed by atoms with Gasteiger partial charge in [0, 0.05) is 61.3 Å². The third kappa shape index (κ3) is 6.36. The largest absolute Gasteiger partial charge is 0.416 e. The quantitative estimate of drug-likeness (QED) is 0.174. The molecule has 0 unspecified atom stereocenters. The van der Waals surface area contributed by atoms with E-state index in [0.29, 0.717) is 12.1 Å². The van der Waals surface area contributed by atoms with Crippen LogP contribution >= 0.6 is 0 Å². The Morgan fingerprint density at radius 1 is 0.864 bits per heavy atom. The fraction of sp³-hybridized carbons (Fsp3) is 0.273. The molecule has 2 amide bonds. The molecule has 230 valence electrons. The SMILES string of the molecule is C[C@H](c1cn(C)c2ccccc12)[C@@H]1CN(C(=O)C=Cc2ccccc2)CCN1C(=O)c1cc(C(F)(F)F)cc(C(F)(F)F)c1. The molecule has 2 atom stereocenters. The van der Waals surface area contributed by atoms with E-state index in [1.165, 1.54) is 11.0 Å². The van der Waals surface area contributed by atoms with Gasteiger partial charge in [0.2, 0.25) is 5.91 Å². The minimum atomic E-state index is -5.10. The number of piperazine rings is 1. The number of aryl methyl sites for hydroxylation is 1. The zero-order chi connectivity index (χ0) is 31.8. The molecule has 3 aromatic carbocycles. The van der Waals surface area contributed by atoms with E-state index < -0.39 is 46.9 Å². The number of carbonyl (C=O) groups is 2. The maximum absolute atomic E-state index is 13.8. The third-order valence-electron chi connectivity index (χ3n) is 8.04. The number of hydrogen-bond acceptors (Lipinski definition) is 2. The fourth-order valence-electron chi connectivity index (χ4n) is 5.71. The van der Waals surface area contributed by atoms with Crippen molar-refractivity contribution in [3.05, 3.63) is 113 Å². The number of nitrogens with zero attached hydrogens (tertiary/aromatic N) is 3. The van der Waals surface area contributed by atoms with Crippen LogP contribution in [0, 0.1) is 0 Å². The number of aromatic nitrogens is 1. The summed E-state index contributed by atoms with van der Waals surface area (Å²) in [6.45, 7) is 1.83. The van der Waals surface area contributed by atoms with E-state index in [1.54, 1.807) is 11.0 Å². The van der Waals surface area contributed by atoms with E-state index >= 15 is 0 Å². The second-order valence-electron chi connectivity index (χ2n) is 10.9. The predicted octanol–water partition coefficient (Wildman–Crippen LogP) is 7.39. The van der Waals surface area contributed by atoms with Crippen molar-refractivity contribution >= 4 is 28.8 Å². The number of carbonyl (C=O) groups excluding carboxylic acids is 2. The average molecular weight is 614 g/mol. The first-order chi connectivity index (χ1) is 20.7. The van der Waals surface area contributed by atoms with Gasteiger partial charge in [0.05, 0.1) is 17.2 Å². The van der Waals surface area contributed by atoms with Gasteiger partial charge < -0.3 is 14.4 Å². The zero-order valence-electron chi connectivity index (χ0n) is 23.9. The van der Waals surface area contributed by atoms with E-state index in [2.05, 4.69) is 0 Å². The van der Waals surface area contributed by atoms with Crippen molar-refractivity contribution in [2.24, 2.45) is 7.05 Å². The van der Waals surface area contributed by atoms with Gasteiger partial charge in [-0.2, -0.15) is 26.3 Å². The highest BCUT2D eigenvalue weighted by molar-refractivity contribution is 5.96. The lowest BCUT2D eigenvalue weighted by Gasteiger charge is -2.44. The number of alkyl halides is 6. The highest BCUT2D eigenvalue weighted by Gasteiger charge is 2.41. The number of fused-ring (bicyclic) bond motifs is 1. The predicted molar refractivity (Wildman–Crippen MR) is 155 cm³/mol. The number of amides is 2. The number of para-hydroxylation sites is 1. The van der Waals surface area contributed by atoms with Crippen LogP contribution in [-0.2, 0) is 24.2 Å². The summed E-state index contributed by atoms with van der Waals surface area (Å²) in [6, 6.07) is 16.9. The number of rotatable bonds is 5. The molecular weight excluding hydrogens is 584 g/mol. The second-order valence-corrected chi connectivity index (χ2v) is 10.9. The molecule has 1 aliphatic heterocycles. The van der Waals surface area contributed by atoms with E-state index in [-0.39, 0.29) is 31.6 Å². The molecular formula is C33H29F6N3O2. The van der Waals surface area contributed by atoms with Gasteiger partial charge in [-0.05, 0) is 41.5 Å². The first-order valence-corrected chi connectivity index (χ1v) is 13.9. The molecule has 0 bridgehead atoms. The summed E-state index contributed by atoms with van der Waals surface area (Å²) in [4.78, 5) is 29.9. The van der Waals surface area contributed by atoms with Gasteiger partial charge >= 0.3 is 12.4 Å². The molecule has 5 rings (SSSR count). The Hall–Kier alpha value is -4.54. The van der Waals surface area contributed by atoms with E-state index in [1.807, 2.05) is 79.3 Å². The Labute approximate surface area is 250 Å². The smallest absolute Gasteiger partial charge is 0.350 e. The normalized spacial score (nSPS) is 17.0. The van der Waals surface area contributed by atoms with Crippen molar-refractivity contribution in [1.29, 1.82) is 0 Å². The van der Waals surface area contributed by atoms with Crippen LogP contribution in [0.2, 0.25) is 0 Å². The zero-order valence-corrected chi connectivity index (χ0v) is 23.9. The lowest BCUT2D eigenvalue weighted by atomic mass is 9.89. The Kier molecular flexibility index (Phi) is 8.33. The summed E-state index contributed by atoms with van der Waals surface area (Å²) in [5, 5.41) is 0.890. The van der Waals surface area contributed by atoms with Crippen LogP contribution in [-0.4, -0.2) is 51.9 Å². The molecule has 11 heteroatoms. The third-order valence-corrected chi connectivity index (χ3v) is 8.04. The molecule has 4 aromatic rings.